The van der Waals surface area contributed by atoms with E-state index in [1.807, 2.05) is 17.5 Å². The molecule has 1 atom stereocenters. The molecule has 2 aromatic rings. The van der Waals surface area contributed by atoms with Gasteiger partial charge in [0.15, 0.2) is 11.6 Å². The zero-order chi connectivity index (χ0) is 14.8. The van der Waals surface area contributed by atoms with Crippen LogP contribution in [0.5, 0.6) is 5.75 Å². The van der Waals surface area contributed by atoms with Crippen LogP contribution in [0.15, 0.2) is 34.1 Å². The molecule has 0 unspecified atom stereocenters. The molecule has 0 saturated carbocycles. The topological polar surface area (TPSA) is 35.5 Å². The maximum atomic E-state index is 13.8. The maximum Gasteiger partial charge on any atom is 0.165 e. The molecule has 1 fully saturated rings. The van der Waals surface area contributed by atoms with E-state index in [2.05, 4.69) is 26.1 Å². The van der Waals surface area contributed by atoms with Crippen LogP contribution in [0.3, 0.4) is 0 Å². The smallest absolute Gasteiger partial charge is 0.165 e. The van der Waals surface area contributed by atoms with Gasteiger partial charge in [0.1, 0.15) is 0 Å². The number of thiophene rings is 1. The van der Waals surface area contributed by atoms with Crippen LogP contribution in [0.2, 0.25) is 0 Å². The van der Waals surface area contributed by atoms with Crippen LogP contribution in [0.4, 0.5) is 4.39 Å². The Morgan fingerprint density at radius 3 is 2.52 bits per heavy atom. The van der Waals surface area contributed by atoms with Gasteiger partial charge in [-0.25, -0.2) is 4.39 Å². The Kier molecular flexibility index (Phi) is 8.27. The molecular formula is C15H18BrCl2FN2OS. The van der Waals surface area contributed by atoms with Crippen molar-refractivity contribution in [3.63, 3.8) is 0 Å². The third-order valence-electron chi connectivity index (χ3n) is 3.72. The maximum absolute atomic E-state index is 13.8. The molecule has 1 saturated heterocycles. The van der Waals surface area contributed by atoms with Gasteiger partial charge in [0.25, 0.3) is 0 Å². The van der Waals surface area contributed by atoms with Crippen molar-refractivity contribution in [1.29, 1.82) is 0 Å². The van der Waals surface area contributed by atoms with Crippen LogP contribution in [0.1, 0.15) is 16.5 Å². The molecule has 3 rings (SSSR count). The van der Waals surface area contributed by atoms with E-state index in [0.29, 0.717) is 5.56 Å². The first-order valence-corrected chi connectivity index (χ1v) is 8.51. The summed E-state index contributed by atoms with van der Waals surface area (Å²) in [4.78, 5) is 3.39. The molecule has 0 bridgehead atoms. The molecule has 0 aliphatic carbocycles. The molecule has 1 aromatic carbocycles. The molecule has 0 spiro atoms. The molecule has 1 aliphatic rings. The Morgan fingerprint density at radius 1 is 1.22 bits per heavy atom. The van der Waals surface area contributed by atoms with Crippen molar-refractivity contribution in [2.45, 2.75) is 6.04 Å². The van der Waals surface area contributed by atoms with Gasteiger partial charge in [0, 0.05) is 41.1 Å². The Hall–Kier alpha value is -0.370. The lowest BCUT2D eigenvalue weighted by molar-refractivity contribution is 0.197. The molecule has 1 aliphatic heterocycles. The molecule has 128 valence electrons. The number of phenolic OH excluding ortho intramolecular Hbond substituents is 1. The summed E-state index contributed by atoms with van der Waals surface area (Å²) in [6.45, 7) is 3.53. The van der Waals surface area contributed by atoms with E-state index in [0.717, 1.165) is 35.5 Å². The zero-order valence-electron chi connectivity index (χ0n) is 12.2. The molecular weight excluding hydrogens is 426 g/mol. The van der Waals surface area contributed by atoms with Crippen molar-refractivity contribution in [2.24, 2.45) is 0 Å². The van der Waals surface area contributed by atoms with Gasteiger partial charge in [0.2, 0.25) is 0 Å². The summed E-state index contributed by atoms with van der Waals surface area (Å²) in [5.74, 6) is -0.841. The number of aromatic hydroxyl groups is 1. The first-order valence-electron chi connectivity index (χ1n) is 6.83. The summed E-state index contributed by atoms with van der Waals surface area (Å²) in [6, 6.07) is 6.84. The second kappa shape index (κ2) is 9.20. The fraction of sp³-hybridized carbons (Fsp3) is 0.333. The molecule has 0 amide bonds. The highest BCUT2D eigenvalue weighted by atomic mass is 79.9. The van der Waals surface area contributed by atoms with Crippen molar-refractivity contribution in [1.82, 2.24) is 10.2 Å². The van der Waals surface area contributed by atoms with Crippen molar-refractivity contribution in [3.05, 3.63) is 50.4 Å². The first-order chi connectivity index (χ1) is 10.2. The summed E-state index contributed by atoms with van der Waals surface area (Å²) in [5, 5.41) is 15.6. The van der Waals surface area contributed by atoms with E-state index in [1.165, 1.54) is 6.07 Å². The number of piperazine rings is 1. The van der Waals surface area contributed by atoms with Crippen molar-refractivity contribution in [2.75, 3.05) is 26.2 Å². The van der Waals surface area contributed by atoms with Gasteiger partial charge < -0.3 is 10.4 Å². The Labute approximate surface area is 159 Å². The van der Waals surface area contributed by atoms with Crippen molar-refractivity contribution >= 4 is 52.1 Å². The van der Waals surface area contributed by atoms with Crippen molar-refractivity contribution < 1.29 is 9.50 Å². The van der Waals surface area contributed by atoms with E-state index >= 15 is 0 Å². The Morgan fingerprint density at radius 2 is 1.91 bits per heavy atom. The van der Waals surface area contributed by atoms with Gasteiger partial charge in [-0.1, -0.05) is 22.0 Å². The largest absolute Gasteiger partial charge is 0.505 e. The van der Waals surface area contributed by atoms with Gasteiger partial charge in [0.05, 0.1) is 6.04 Å². The van der Waals surface area contributed by atoms with E-state index in [4.69, 9.17) is 0 Å². The fourth-order valence-electron chi connectivity index (χ4n) is 2.71. The number of nitrogens with one attached hydrogen (secondary N) is 1. The molecule has 23 heavy (non-hydrogen) atoms. The van der Waals surface area contributed by atoms with Gasteiger partial charge in [-0.3, -0.25) is 4.90 Å². The zero-order valence-corrected chi connectivity index (χ0v) is 16.2. The highest BCUT2D eigenvalue weighted by Gasteiger charge is 2.29. The van der Waals surface area contributed by atoms with Crippen LogP contribution in [-0.2, 0) is 0 Å². The SMILES string of the molecule is Cl.Cl.Oc1c(F)ccc(Br)c1[C@H](c1cccs1)N1CCNCC1. The average molecular weight is 444 g/mol. The quantitative estimate of drug-likeness (QED) is 0.746. The third kappa shape index (κ3) is 4.38. The fourth-order valence-corrected chi connectivity index (χ4v) is 4.11. The number of halogens is 4. The molecule has 2 heterocycles. The normalized spacial score (nSPS) is 16.3. The highest BCUT2D eigenvalue weighted by molar-refractivity contribution is 9.10. The van der Waals surface area contributed by atoms with Crippen LogP contribution in [-0.4, -0.2) is 36.2 Å². The van der Waals surface area contributed by atoms with Crippen LogP contribution in [0.25, 0.3) is 0 Å². The average Bonchev–Trinajstić information content (AvgIpc) is 3.02. The number of hydrogen-bond donors (Lipinski definition) is 2. The second-order valence-corrected chi connectivity index (χ2v) is 6.83. The van der Waals surface area contributed by atoms with Gasteiger partial charge in [-0.2, -0.15) is 0 Å². The predicted molar refractivity (Wildman–Crippen MR) is 101 cm³/mol. The third-order valence-corrected chi connectivity index (χ3v) is 5.33. The summed E-state index contributed by atoms with van der Waals surface area (Å²) in [5.41, 5.74) is 0.611. The molecule has 3 nitrogen and oxygen atoms in total. The standard InChI is InChI=1S/C15H16BrFN2OS.2ClH/c16-10-3-4-11(17)15(20)13(10)14(12-2-1-9-21-12)19-7-5-18-6-8-19;;/h1-4,9,14,18,20H,5-8H2;2*1H/t14-;;/m0../s1. The minimum Gasteiger partial charge on any atom is -0.505 e. The summed E-state index contributed by atoms with van der Waals surface area (Å²) >= 11 is 5.10. The van der Waals surface area contributed by atoms with Gasteiger partial charge in [-0.15, -0.1) is 36.2 Å². The van der Waals surface area contributed by atoms with Gasteiger partial charge >= 0.3 is 0 Å². The van der Waals surface area contributed by atoms with Crippen molar-refractivity contribution in [3.8, 4) is 5.75 Å². The number of benzene rings is 1. The lowest BCUT2D eigenvalue weighted by atomic mass is 10.0. The first kappa shape index (κ1) is 20.7. The van der Waals surface area contributed by atoms with Crippen LogP contribution in [0, 0.1) is 5.82 Å². The summed E-state index contributed by atoms with van der Waals surface area (Å²) < 4.78 is 14.6. The van der Waals surface area contributed by atoms with E-state index in [-0.39, 0.29) is 36.6 Å². The lowest BCUT2D eigenvalue weighted by Gasteiger charge is -2.35. The second-order valence-electron chi connectivity index (χ2n) is 5.00. The van der Waals surface area contributed by atoms with Gasteiger partial charge in [-0.05, 0) is 23.6 Å². The molecule has 2 N–H and O–H groups in total. The number of rotatable bonds is 3. The lowest BCUT2D eigenvalue weighted by Crippen LogP contribution is -2.45. The number of phenols is 1. The summed E-state index contributed by atoms with van der Waals surface area (Å²) in [6.07, 6.45) is 0. The monoisotopic (exact) mass is 442 g/mol. The van der Waals surface area contributed by atoms with E-state index in [9.17, 15) is 9.50 Å². The molecule has 8 heteroatoms. The highest BCUT2D eigenvalue weighted by Crippen LogP contribution is 2.41. The minimum absolute atomic E-state index is 0. The number of hydrogen-bond acceptors (Lipinski definition) is 4. The molecule has 1 aromatic heterocycles. The molecule has 0 radical (unpaired) electrons. The van der Waals surface area contributed by atoms with Crippen LogP contribution < -0.4 is 5.32 Å². The van der Waals surface area contributed by atoms with Crippen LogP contribution >= 0.6 is 52.1 Å². The number of nitrogens with zero attached hydrogens (tertiary/aromatic N) is 1. The Bertz CT molecular complexity index is 624. The minimum atomic E-state index is -0.579. The summed E-state index contributed by atoms with van der Waals surface area (Å²) in [7, 11) is 0. The Balaban J connectivity index is 0.00000132. The van der Waals surface area contributed by atoms with E-state index < -0.39 is 5.82 Å². The predicted octanol–water partition coefficient (Wildman–Crippen LogP) is 4.19. The van der Waals surface area contributed by atoms with E-state index in [1.54, 1.807) is 17.4 Å².